The Morgan fingerprint density at radius 1 is 1.25 bits per heavy atom. The maximum absolute atomic E-state index is 3.80. The minimum absolute atomic E-state index is 0.355. The highest BCUT2D eigenvalue weighted by atomic mass is 15.3. The van der Waals surface area contributed by atoms with Crippen LogP contribution < -0.4 is 5.32 Å². The van der Waals surface area contributed by atoms with Crippen molar-refractivity contribution in [2.45, 2.75) is 78.0 Å². The number of hydrogen-bond acceptors (Lipinski definition) is 3. The molecule has 3 heteroatoms. The zero-order valence-electron chi connectivity index (χ0n) is 14.4. The molecular formula is C17H35N3. The Kier molecular flexibility index (Phi) is 5.14. The third-order valence-electron chi connectivity index (χ3n) is 5.63. The van der Waals surface area contributed by atoms with Gasteiger partial charge in [0.05, 0.1) is 0 Å². The lowest BCUT2D eigenvalue weighted by atomic mass is 9.83. The summed E-state index contributed by atoms with van der Waals surface area (Å²) in [5, 5.41) is 3.80. The Labute approximate surface area is 126 Å². The molecule has 2 rings (SSSR count). The number of nitrogens with one attached hydrogen (secondary N) is 1. The second-order valence-electron chi connectivity index (χ2n) is 8.09. The lowest BCUT2D eigenvalue weighted by Crippen LogP contribution is -2.64. The van der Waals surface area contributed by atoms with Crippen LogP contribution in [0, 0.1) is 5.41 Å². The monoisotopic (exact) mass is 281 g/mol. The number of piperazine rings is 1. The average Bonchev–Trinajstić information content (AvgIpc) is 2.40. The number of likely N-dealkylation sites (tertiary alicyclic amines) is 1. The third-order valence-corrected chi connectivity index (χ3v) is 5.63. The topological polar surface area (TPSA) is 18.5 Å². The Balaban J connectivity index is 2.05. The maximum Gasteiger partial charge on any atom is 0.0244 e. The highest BCUT2D eigenvalue weighted by Crippen LogP contribution is 2.29. The van der Waals surface area contributed by atoms with Gasteiger partial charge in [-0.15, -0.1) is 0 Å². The molecule has 3 nitrogen and oxygen atoms in total. The van der Waals surface area contributed by atoms with Crippen LogP contribution in [0.25, 0.3) is 0 Å². The largest absolute Gasteiger partial charge is 0.311 e. The summed E-state index contributed by atoms with van der Waals surface area (Å²) in [6.45, 7) is 15.5. The lowest BCUT2D eigenvalue weighted by Gasteiger charge is -2.50. The van der Waals surface area contributed by atoms with Crippen LogP contribution in [0.1, 0.15) is 53.9 Å². The molecule has 1 N–H and O–H groups in total. The predicted molar refractivity (Wildman–Crippen MR) is 87.1 cm³/mol. The van der Waals surface area contributed by atoms with E-state index in [4.69, 9.17) is 0 Å². The van der Waals surface area contributed by atoms with E-state index < -0.39 is 0 Å². The average molecular weight is 281 g/mol. The predicted octanol–water partition coefficient (Wildman–Crippen LogP) is 2.57. The number of piperidine rings is 1. The van der Waals surface area contributed by atoms with E-state index in [-0.39, 0.29) is 0 Å². The molecule has 2 aliphatic rings. The fraction of sp³-hybridized carbons (Fsp3) is 1.00. The van der Waals surface area contributed by atoms with E-state index in [1.165, 1.54) is 38.9 Å². The van der Waals surface area contributed by atoms with Gasteiger partial charge >= 0.3 is 0 Å². The molecule has 0 aromatic heterocycles. The molecule has 0 aliphatic carbocycles. The van der Waals surface area contributed by atoms with E-state index in [9.17, 15) is 0 Å². The first-order valence-electron chi connectivity index (χ1n) is 8.52. The molecule has 118 valence electrons. The van der Waals surface area contributed by atoms with Crippen molar-refractivity contribution in [1.29, 1.82) is 0 Å². The summed E-state index contributed by atoms with van der Waals surface area (Å²) in [4.78, 5) is 5.36. The molecule has 0 spiro atoms. The van der Waals surface area contributed by atoms with E-state index in [2.05, 4.69) is 56.8 Å². The van der Waals surface area contributed by atoms with Crippen LogP contribution in [-0.4, -0.2) is 60.6 Å². The highest BCUT2D eigenvalue weighted by Gasteiger charge is 2.38. The Bertz CT molecular complexity index is 310. The lowest BCUT2D eigenvalue weighted by molar-refractivity contribution is 0.0114. The smallest absolute Gasteiger partial charge is 0.0244 e. The molecule has 2 aliphatic heterocycles. The Morgan fingerprint density at radius 3 is 2.50 bits per heavy atom. The van der Waals surface area contributed by atoms with Crippen LogP contribution >= 0.6 is 0 Å². The minimum atomic E-state index is 0.355. The minimum Gasteiger partial charge on any atom is -0.311 e. The van der Waals surface area contributed by atoms with Crippen molar-refractivity contribution in [3.05, 3.63) is 0 Å². The third kappa shape index (κ3) is 3.55. The number of rotatable bonds is 2. The highest BCUT2D eigenvalue weighted by molar-refractivity contribution is 4.96. The molecule has 0 radical (unpaired) electrons. The van der Waals surface area contributed by atoms with Crippen molar-refractivity contribution in [3.8, 4) is 0 Å². The second kappa shape index (κ2) is 6.33. The van der Waals surface area contributed by atoms with Crippen LogP contribution in [0.4, 0.5) is 0 Å². The van der Waals surface area contributed by atoms with E-state index in [0.717, 1.165) is 18.1 Å². The molecule has 2 saturated heterocycles. The quantitative estimate of drug-likeness (QED) is 0.839. The standard InChI is InChI=1S/C17H35N3/c1-7-14-11-18-16(17(3,4)5)12-20(14)15-8-9-19(6)13(2)10-15/h13-16,18H,7-12H2,1-6H3. The molecule has 0 aromatic carbocycles. The molecule has 2 fully saturated rings. The summed E-state index contributed by atoms with van der Waals surface area (Å²) in [6.07, 6.45) is 3.95. The van der Waals surface area contributed by atoms with Gasteiger partial charge in [0.1, 0.15) is 0 Å². The molecule has 0 amide bonds. The molecule has 20 heavy (non-hydrogen) atoms. The van der Waals surface area contributed by atoms with Gasteiger partial charge in [-0.2, -0.15) is 0 Å². The summed E-state index contributed by atoms with van der Waals surface area (Å²) in [7, 11) is 2.27. The van der Waals surface area contributed by atoms with E-state index in [1.807, 2.05) is 0 Å². The first-order chi connectivity index (χ1) is 9.32. The van der Waals surface area contributed by atoms with E-state index >= 15 is 0 Å². The summed E-state index contributed by atoms with van der Waals surface area (Å²) in [5.74, 6) is 0. The molecular weight excluding hydrogens is 246 g/mol. The van der Waals surface area contributed by atoms with Gasteiger partial charge < -0.3 is 10.2 Å². The van der Waals surface area contributed by atoms with Gasteiger partial charge in [0.2, 0.25) is 0 Å². The molecule has 0 bridgehead atoms. The Hall–Kier alpha value is -0.120. The van der Waals surface area contributed by atoms with Gasteiger partial charge in [-0.25, -0.2) is 0 Å². The zero-order valence-corrected chi connectivity index (χ0v) is 14.4. The fourth-order valence-corrected chi connectivity index (χ4v) is 3.79. The molecule has 0 aromatic rings. The van der Waals surface area contributed by atoms with Gasteiger partial charge in [0, 0.05) is 37.3 Å². The summed E-state index contributed by atoms with van der Waals surface area (Å²) >= 11 is 0. The van der Waals surface area contributed by atoms with E-state index in [1.54, 1.807) is 0 Å². The van der Waals surface area contributed by atoms with Crippen LogP contribution in [0.5, 0.6) is 0 Å². The van der Waals surface area contributed by atoms with Gasteiger partial charge in [-0.3, -0.25) is 4.90 Å². The molecule has 0 saturated carbocycles. The van der Waals surface area contributed by atoms with Crippen molar-refractivity contribution in [3.63, 3.8) is 0 Å². The summed E-state index contributed by atoms with van der Waals surface area (Å²) in [5.41, 5.74) is 0.355. The number of nitrogens with zero attached hydrogens (tertiary/aromatic N) is 2. The first kappa shape index (κ1) is 16.3. The van der Waals surface area contributed by atoms with Crippen LogP contribution in [0.15, 0.2) is 0 Å². The first-order valence-corrected chi connectivity index (χ1v) is 8.52. The maximum atomic E-state index is 3.80. The second-order valence-corrected chi connectivity index (χ2v) is 8.09. The fourth-order valence-electron chi connectivity index (χ4n) is 3.79. The van der Waals surface area contributed by atoms with Gasteiger partial charge in [-0.1, -0.05) is 27.7 Å². The van der Waals surface area contributed by atoms with Crippen molar-refractivity contribution >= 4 is 0 Å². The summed E-state index contributed by atoms with van der Waals surface area (Å²) < 4.78 is 0. The zero-order chi connectivity index (χ0) is 14.9. The van der Waals surface area contributed by atoms with Crippen molar-refractivity contribution in [2.24, 2.45) is 5.41 Å². The van der Waals surface area contributed by atoms with Crippen LogP contribution in [0.2, 0.25) is 0 Å². The Morgan fingerprint density at radius 2 is 1.95 bits per heavy atom. The normalized spacial score (nSPS) is 38.1. The summed E-state index contributed by atoms with van der Waals surface area (Å²) in [6, 6.07) is 2.88. The van der Waals surface area contributed by atoms with E-state index in [0.29, 0.717) is 11.5 Å². The molecule has 4 atom stereocenters. The van der Waals surface area contributed by atoms with Crippen LogP contribution in [0.3, 0.4) is 0 Å². The molecule has 2 heterocycles. The van der Waals surface area contributed by atoms with Gasteiger partial charge in [0.25, 0.3) is 0 Å². The van der Waals surface area contributed by atoms with Crippen LogP contribution in [-0.2, 0) is 0 Å². The van der Waals surface area contributed by atoms with Crippen molar-refractivity contribution < 1.29 is 0 Å². The SMILES string of the molecule is CCC1CNC(C(C)(C)C)CN1C1CCN(C)C(C)C1. The van der Waals surface area contributed by atoms with Gasteiger partial charge in [0.15, 0.2) is 0 Å². The number of hydrogen-bond donors (Lipinski definition) is 1. The van der Waals surface area contributed by atoms with Crippen molar-refractivity contribution in [2.75, 3.05) is 26.7 Å². The van der Waals surface area contributed by atoms with Gasteiger partial charge in [-0.05, 0) is 45.2 Å². The van der Waals surface area contributed by atoms with Crippen molar-refractivity contribution in [1.82, 2.24) is 15.1 Å². The molecule has 4 unspecified atom stereocenters.